The molecule has 6 heteroatoms. The van der Waals surface area contributed by atoms with Crippen molar-refractivity contribution in [2.45, 2.75) is 31.2 Å². The molecule has 1 aromatic heterocycles. The van der Waals surface area contributed by atoms with Crippen LogP contribution in [0.25, 0.3) is 11.3 Å². The van der Waals surface area contributed by atoms with Crippen LogP contribution >= 0.6 is 0 Å². The third-order valence-corrected chi connectivity index (χ3v) is 6.69. The lowest BCUT2D eigenvalue weighted by Crippen LogP contribution is -2.46. The van der Waals surface area contributed by atoms with Crippen molar-refractivity contribution in [3.63, 3.8) is 0 Å². The number of ether oxygens (including phenoxy) is 2. The van der Waals surface area contributed by atoms with Crippen LogP contribution in [0.3, 0.4) is 0 Å². The minimum atomic E-state index is 0.0529. The SMILES string of the molecule is COc1cccc(-c2cnc3n2CCC32CCN(C(=O)COc3ccccc3)CC2)c1. The lowest BCUT2D eigenvalue weighted by atomic mass is 9.76. The zero-order valence-corrected chi connectivity index (χ0v) is 17.8. The summed E-state index contributed by atoms with van der Waals surface area (Å²) in [5.74, 6) is 2.80. The van der Waals surface area contributed by atoms with Crippen LogP contribution < -0.4 is 9.47 Å². The van der Waals surface area contributed by atoms with Gasteiger partial charge in [0.15, 0.2) is 6.61 Å². The molecule has 1 fully saturated rings. The number of rotatable bonds is 5. The molecular formula is C25H27N3O3. The van der Waals surface area contributed by atoms with Gasteiger partial charge >= 0.3 is 0 Å². The van der Waals surface area contributed by atoms with Crippen LogP contribution in [0.4, 0.5) is 0 Å². The van der Waals surface area contributed by atoms with Crippen molar-refractivity contribution in [2.75, 3.05) is 26.8 Å². The van der Waals surface area contributed by atoms with Gasteiger partial charge in [0.2, 0.25) is 0 Å². The van der Waals surface area contributed by atoms with E-state index in [0.29, 0.717) is 0 Å². The summed E-state index contributed by atoms with van der Waals surface area (Å²) in [6, 6.07) is 17.6. The van der Waals surface area contributed by atoms with Gasteiger partial charge in [-0.1, -0.05) is 30.3 Å². The van der Waals surface area contributed by atoms with Crippen molar-refractivity contribution in [3.05, 3.63) is 66.6 Å². The molecule has 1 amide bonds. The summed E-state index contributed by atoms with van der Waals surface area (Å²) in [4.78, 5) is 19.4. The summed E-state index contributed by atoms with van der Waals surface area (Å²) < 4.78 is 13.4. The Kier molecular flexibility index (Phi) is 5.14. The molecule has 0 N–H and O–H groups in total. The van der Waals surface area contributed by atoms with Gasteiger partial charge in [0.25, 0.3) is 5.91 Å². The van der Waals surface area contributed by atoms with Crippen molar-refractivity contribution in [1.82, 2.24) is 14.5 Å². The van der Waals surface area contributed by atoms with Crippen LogP contribution in [-0.4, -0.2) is 47.2 Å². The second-order valence-corrected chi connectivity index (χ2v) is 8.36. The minimum Gasteiger partial charge on any atom is -0.497 e. The number of hydrogen-bond donors (Lipinski definition) is 0. The first-order chi connectivity index (χ1) is 15.2. The van der Waals surface area contributed by atoms with Crippen molar-refractivity contribution >= 4 is 5.91 Å². The Morgan fingerprint density at radius 1 is 1.00 bits per heavy atom. The third-order valence-electron chi connectivity index (χ3n) is 6.69. The Labute approximate surface area is 182 Å². The summed E-state index contributed by atoms with van der Waals surface area (Å²) in [5.41, 5.74) is 2.33. The lowest BCUT2D eigenvalue weighted by Gasteiger charge is -2.38. The number of para-hydroxylation sites is 1. The van der Waals surface area contributed by atoms with Gasteiger partial charge < -0.3 is 18.9 Å². The van der Waals surface area contributed by atoms with E-state index in [1.165, 1.54) is 0 Å². The van der Waals surface area contributed by atoms with Crippen LogP contribution in [0.2, 0.25) is 0 Å². The van der Waals surface area contributed by atoms with Gasteiger partial charge in [-0.05, 0) is 43.5 Å². The summed E-state index contributed by atoms with van der Waals surface area (Å²) in [5, 5.41) is 0. The zero-order chi connectivity index (χ0) is 21.3. The number of piperidine rings is 1. The van der Waals surface area contributed by atoms with Crippen molar-refractivity contribution in [1.29, 1.82) is 0 Å². The van der Waals surface area contributed by atoms with E-state index in [1.807, 2.05) is 53.6 Å². The monoisotopic (exact) mass is 417 g/mol. The van der Waals surface area contributed by atoms with E-state index in [1.54, 1.807) is 7.11 Å². The summed E-state index contributed by atoms with van der Waals surface area (Å²) in [6.07, 6.45) is 4.95. The number of carbonyl (C=O) groups excluding carboxylic acids is 1. The van der Waals surface area contributed by atoms with Crippen molar-refractivity contribution < 1.29 is 14.3 Å². The second kappa shape index (κ2) is 8.10. The predicted octanol–water partition coefficient (Wildman–Crippen LogP) is 3.90. The Balaban J connectivity index is 1.26. The maximum atomic E-state index is 12.6. The standard InChI is InChI=1S/C25H27N3O3/c1-30-21-9-5-6-19(16-21)22-17-26-24-25(12-15-28(22)24)10-13-27(14-11-25)23(29)18-31-20-7-3-2-4-8-20/h2-9,16-17H,10-15,18H2,1H3. The lowest BCUT2D eigenvalue weighted by molar-refractivity contribution is -0.135. The first kappa shape index (κ1) is 19.7. The molecule has 2 aliphatic heterocycles. The van der Waals surface area contributed by atoms with Crippen molar-refractivity contribution in [3.8, 4) is 22.8 Å². The van der Waals surface area contributed by atoms with E-state index in [0.717, 1.165) is 67.5 Å². The highest BCUT2D eigenvalue weighted by Gasteiger charge is 2.44. The first-order valence-electron chi connectivity index (χ1n) is 10.8. The number of methoxy groups -OCH3 is 1. The van der Waals surface area contributed by atoms with E-state index in [2.05, 4.69) is 16.7 Å². The Hall–Kier alpha value is -3.28. The molecule has 3 aromatic rings. The Bertz CT molecular complexity index is 1070. The fraction of sp³-hybridized carbons (Fsp3) is 0.360. The average molecular weight is 418 g/mol. The molecule has 0 radical (unpaired) electrons. The Morgan fingerprint density at radius 3 is 2.52 bits per heavy atom. The number of hydrogen-bond acceptors (Lipinski definition) is 4. The molecule has 0 saturated carbocycles. The molecule has 2 aromatic carbocycles. The quantitative estimate of drug-likeness (QED) is 0.632. The van der Waals surface area contributed by atoms with Crippen LogP contribution in [-0.2, 0) is 16.8 Å². The van der Waals surface area contributed by atoms with Gasteiger partial charge in [-0.25, -0.2) is 4.98 Å². The topological polar surface area (TPSA) is 56.6 Å². The number of imidazole rings is 1. The number of fused-ring (bicyclic) bond motifs is 2. The molecule has 0 aliphatic carbocycles. The highest BCUT2D eigenvalue weighted by Crippen LogP contribution is 2.44. The third kappa shape index (κ3) is 3.67. The Morgan fingerprint density at radius 2 is 1.74 bits per heavy atom. The van der Waals surface area contributed by atoms with E-state index in [4.69, 9.17) is 14.5 Å². The number of benzene rings is 2. The molecule has 1 saturated heterocycles. The number of nitrogens with zero attached hydrogens (tertiary/aromatic N) is 3. The average Bonchev–Trinajstić information content (AvgIpc) is 3.40. The van der Waals surface area contributed by atoms with E-state index >= 15 is 0 Å². The van der Waals surface area contributed by atoms with E-state index < -0.39 is 0 Å². The maximum Gasteiger partial charge on any atom is 0.260 e. The van der Waals surface area contributed by atoms with E-state index in [9.17, 15) is 4.79 Å². The molecule has 160 valence electrons. The molecule has 5 rings (SSSR count). The summed E-state index contributed by atoms with van der Waals surface area (Å²) in [7, 11) is 1.69. The zero-order valence-electron chi connectivity index (χ0n) is 17.8. The van der Waals surface area contributed by atoms with Crippen molar-refractivity contribution in [2.24, 2.45) is 0 Å². The van der Waals surface area contributed by atoms with Gasteiger partial charge in [-0.15, -0.1) is 0 Å². The summed E-state index contributed by atoms with van der Waals surface area (Å²) in [6.45, 7) is 2.55. The number of carbonyl (C=O) groups is 1. The molecule has 1 spiro atoms. The molecule has 0 bridgehead atoms. The maximum absolute atomic E-state index is 12.6. The highest BCUT2D eigenvalue weighted by atomic mass is 16.5. The van der Waals surface area contributed by atoms with Gasteiger partial charge in [-0.3, -0.25) is 4.79 Å². The molecule has 31 heavy (non-hydrogen) atoms. The number of likely N-dealkylation sites (tertiary alicyclic amines) is 1. The highest BCUT2D eigenvalue weighted by molar-refractivity contribution is 5.78. The predicted molar refractivity (Wildman–Crippen MR) is 118 cm³/mol. The molecule has 2 aliphatic rings. The molecule has 6 nitrogen and oxygen atoms in total. The fourth-order valence-corrected chi connectivity index (χ4v) is 4.89. The normalized spacial score (nSPS) is 16.9. The fourth-order valence-electron chi connectivity index (χ4n) is 4.89. The summed E-state index contributed by atoms with van der Waals surface area (Å²) >= 11 is 0. The molecule has 0 unspecified atom stereocenters. The van der Waals surface area contributed by atoms with Gasteiger partial charge in [0, 0.05) is 30.6 Å². The molecular weight excluding hydrogens is 390 g/mol. The number of amides is 1. The first-order valence-corrected chi connectivity index (χ1v) is 10.8. The number of aromatic nitrogens is 2. The van der Waals surface area contributed by atoms with Crippen LogP contribution in [0, 0.1) is 0 Å². The largest absolute Gasteiger partial charge is 0.497 e. The smallest absolute Gasteiger partial charge is 0.260 e. The minimum absolute atomic E-state index is 0.0529. The van der Waals surface area contributed by atoms with Gasteiger partial charge in [-0.2, -0.15) is 0 Å². The van der Waals surface area contributed by atoms with Crippen LogP contribution in [0.15, 0.2) is 60.8 Å². The molecule has 3 heterocycles. The second-order valence-electron chi connectivity index (χ2n) is 8.36. The molecule has 0 atom stereocenters. The van der Waals surface area contributed by atoms with Crippen LogP contribution in [0.5, 0.6) is 11.5 Å². The van der Waals surface area contributed by atoms with E-state index in [-0.39, 0.29) is 17.9 Å². The van der Waals surface area contributed by atoms with Crippen LogP contribution in [0.1, 0.15) is 25.1 Å². The van der Waals surface area contributed by atoms with Gasteiger partial charge in [0.05, 0.1) is 19.0 Å². The van der Waals surface area contributed by atoms with Gasteiger partial charge in [0.1, 0.15) is 17.3 Å².